The predicted molar refractivity (Wildman–Crippen MR) is 122 cm³/mol. The molecule has 8 heteroatoms. The van der Waals surface area contributed by atoms with Gasteiger partial charge in [-0.25, -0.2) is 19.3 Å². The molecule has 0 radical (unpaired) electrons. The lowest BCUT2D eigenvalue weighted by atomic mass is 9.86. The van der Waals surface area contributed by atoms with Crippen molar-refractivity contribution in [1.29, 1.82) is 0 Å². The number of aromatic nitrogens is 4. The van der Waals surface area contributed by atoms with E-state index in [9.17, 15) is 4.79 Å². The molecular formula is C25H28FN5O2. The molecule has 1 aliphatic carbocycles. The highest BCUT2D eigenvalue weighted by Gasteiger charge is 2.32. The Labute approximate surface area is 192 Å². The summed E-state index contributed by atoms with van der Waals surface area (Å²) in [6, 6.07) is 0. The highest BCUT2D eigenvalue weighted by Crippen LogP contribution is 2.41. The number of ether oxygens (including phenoxy) is 1. The van der Waals surface area contributed by atoms with Crippen LogP contribution in [-0.2, 0) is 32.2 Å². The molecule has 2 aliphatic rings. The third kappa shape index (κ3) is 3.72. The third-order valence-corrected chi connectivity index (χ3v) is 6.44. The van der Waals surface area contributed by atoms with E-state index in [4.69, 9.17) is 4.74 Å². The molecule has 3 aromatic rings. The second-order valence-corrected chi connectivity index (χ2v) is 9.01. The van der Waals surface area contributed by atoms with Crippen LogP contribution in [0.1, 0.15) is 65.6 Å². The van der Waals surface area contributed by atoms with Gasteiger partial charge in [-0.05, 0) is 30.4 Å². The van der Waals surface area contributed by atoms with Gasteiger partial charge in [0.15, 0.2) is 11.6 Å². The SMILES string of the molecule is CCCc1[nH]c2c(c1C(=O)C(C)C)CCc1cnc(Oc3ncnc4c3CNCC4)c(F)c1-2. The number of aryl methyl sites for hydroxylation is 2. The predicted octanol–water partition coefficient (Wildman–Crippen LogP) is 4.33. The number of fused-ring (bicyclic) bond motifs is 4. The van der Waals surface area contributed by atoms with Crippen molar-refractivity contribution in [2.45, 2.75) is 59.4 Å². The minimum Gasteiger partial charge on any atom is -0.417 e. The highest BCUT2D eigenvalue weighted by atomic mass is 19.1. The standard InChI is InChI=1S/C25H28FN5O2/c1-4-5-18-20(23(32)13(2)3)15-7-6-14-10-28-25(21(26)19(14)22(15)31-18)33-24-16-11-27-9-8-17(16)29-12-30-24/h10,12-13,27,31H,4-9,11H2,1-3H3. The van der Waals surface area contributed by atoms with Crippen LogP contribution < -0.4 is 10.1 Å². The van der Waals surface area contributed by atoms with Crippen LogP contribution in [-0.4, -0.2) is 32.3 Å². The molecule has 0 unspecified atom stereocenters. The van der Waals surface area contributed by atoms with Gasteiger partial charge in [0.2, 0.25) is 5.88 Å². The number of nitrogens with one attached hydrogen (secondary N) is 2. The summed E-state index contributed by atoms with van der Waals surface area (Å²) in [6.45, 7) is 7.29. The zero-order valence-electron chi connectivity index (χ0n) is 19.2. The Kier molecular flexibility index (Phi) is 5.70. The van der Waals surface area contributed by atoms with Gasteiger partial charge in [0, 0.05) is 48.4 Å². The minimum atomic E-state index is -0.530. The number of hydrogen-bond acceptors (Lipinski definition) is 6. The van der Waals surface area contributed by atoms with E-state index in [0.29, 0.717) is 36.5 Å². The average molecular weight is 450 g/mol. The van der Waals surface area contributed by atoms with Gasteiger partial charge in [-0.2, -0.15) is 0 Å². The molecule has 172 valence electrons. The van der Waals surface area contributed by atoms with Crippen molar-refractivity contribution in [3.8, 4) is 23.0 Å². The first-order valence-electron chi connectivity index (χ1n) is 11.7. The number of H-pyrrole nitrogens is 1. The maximum Gasteiger partial charge on any atom is 0.258 e. The van der Waals surface area contributed by atoms with Crippen LogP contribution in [0.3, 0.4) is 0 Å². The molecule has 0 fully saturated rings. The maximum absolute atomic E-state index is 15.9. The summed E-state index contributed by atoms with van der Waals surface area (Å²) >= 11 is 0. The molecule has 0 saturated carbocycles. The van der Waals surface area contributed by atoms with Crippen LogP contribution in [0.4, 0.5) is 4.39 Å². The van der Waals surface area contributed by atoms with E-state index in [1.807, 2.05) is 13.8 Å². The first kappa shape index (κ1) is 21.7. The van der Waals surface area contributed by atoms with E-state index in [-0.39, 0.29) is 17.6 Å². The second kappa shape index (κ2) is 8.67. The normalized spacial score (nSPS) is 14.6. The van der Waals surface area contributed by atoms with Gasteiger partial charge < -0.3 is 15.0 Å². The summed E-state index contributed by atoms with van der Waals surface area (Å²) in [5.41, 5.74) is 6.21. The molecule has 0 atom stereocenters. The van der Waals surface area contributed by atoms with E-state index >= 15 is 4.39 Å². The molecule has 2 N–H and O–H groups in total. The number of Topliss-reactive ketones (excluding diaryl/α,β-unsaturated/α-hetero) is 1. The van der Waals surface area contributed by atoms with Crippen LogP contribution in [0.25, 0.3) is 11.3 Å². The van der Waals surface area contributed by atoms with Gasteiger partial charge in [0.05, 0.1) is 17.0 Å². The van der Waals surface area contributed by atoms with Gasteiger partial charge >= 0.3 is 0 Å². The Morgan fingerprint density at radius 3 is 2.79 bits per heavy atom. The molecule has 7 nitrogen and oxygen atoms in total. The number of pyridine rings is 1. The Hall–Kier alpha value is -3.13. The molecular weight excluding hydrogens is 421 g/mol. The van der Waals surface area contributed by atoms with Gasteiger partial charge in [0.1, 0.15) is 6.33 Å². The number of carbonyl (C=O) groups excluding carboxylic acids is 1. The number of hydrogen-bond donors (Lipinski definition) is 2. The fraction of sp³-hybridized carbons (Fsp3) is 0.440. The van der Waals surface area contributed by atoms with Crippen molar-refractivity contribution in [2.24, 2.45) is 5.92 Å². The number of ketones is 1. The van der Waals surface area contributed by atoms with Gasteiger partial charge in [0.25, 0.3) is 5.88 Å². The Bertz CT molecular complexity index is 1230. The van der Waals surface area contributed by atoms with Crippen molar-refractivity contribution in [3.05, 3.63) is 52.0 Å². The van der Waals surface area contributed by atoms with E-state index in [1.165, 1.54) is 6.33 Å². The highest BCUT2D eigenvalue weighted by molar-refractivity contribution is 6.02. The molecule has 0 bridgehead atoms. The van der Waals surface area contributed by atoms with Crippen molar-refractivity contribution in [1.82, 2.24) is 25.3 Å². The van der Waals surface area contributed by atoms with E-state index < -0.39 is 5.82 Å². The maximum atomic E-state index is 15.9. The zero-order valence-corrected chi connectivity index (χ0v) is 19.2. The lowest BCUT2D eigenvalue weighted by molar-refractivity contribution is 0.0937. The van der Waals surface area contributed by atoms with Crippen molar-refractivity contribution in [3.63, 3.8) is 0 Å². The average Bonchev–Trinajstić information content (AvgIpc) is 3.18. The largest absolute Gasteiger partial charge is 0.417 e. The van der Waals surface area contributed by atoms with E-state index in [1.54, 1.807) is 6.20 Å². The number of aromatic amines is 1. The number of nitrogens with zero attached hydrogens (tertiary/aromatic N) is 3. The molecule has 1 aliphatic heterocycles. The van der Waals surface area contributed by atoms with Crippen LogP contribution >= 0.6 is 0 Å². The van der Waals surface area contributed by atoms with Crippen molar-refractivity contribution >= 4 is 5.78 Å². The van der Waals surface area contributed by atoms with E-state index in [2.05, 4.69) is 32.2 Å². The monoisotopic (exact) mass is 449 g/mol. The fourth-order valence-corrected chi connectivity index (χ4v) is 4.80. The summed E-state index contributed by atoms with van der Waals surface area (Å²) in [5, 5.41) is 3.27. The quantitative estimate of drug-likeness (QED) is 0.544. The minimum absolute atomic E-state index is 0.102. The number of halogens is 1. The Morgan fingerprint density at radius 2 is 2.00 bits per heavy atom. The summed E-state index contributed by atoms with van der Waals surface area (Å²) in [4.78, 5) is 29.3. The lowest BCUT2D eigenvalue weighted by Gasteiger charge is -2.20. The van der Waals surface area contributed by atoms with Crippen LogP contribution in [0.2, 0.25) is 0 Å². The molecule has 3 aromatic heterocycles. The first-order valence-corrected chi connectivity index (χ1v) is 11.7. The smallest absolute Gasteiger partial charge is 0.258 e. The summed E-state index contributed by atoms with van der Waals surface area (Å²) in [7, 11) is 0. The first-order chi connectivity index (χ1) is 16.0. The molecule has 5 rings (SSSR count). The molecule has 4 heterocycles. The molecule has 0 saturated heterocycles. The lowest BCUT2D eigenvalue weighted by Crippen LogP contribution is -2.25. The Morgan fingerprint density at radius 1 is 1.15 bits per heavy atom. The van der Waals surface area contributed by atoms with E-state index in [0.717, 1.165) is 59.4 Å². The van der Waals surface area contributed by atoms with Gasteiger partial charge in [-0.1, -0.05) is 27.2 Å². The Balaban J connectivity index is 1.60. The fourth-order valence-electron chi connectivity index (χ4n) is 4.80. The van der Waals surface area contributed by atoms with Crippen molar-refractivity contribution < 1.29 is 13.9 Å². The summed E-state index contributed by atoms with van der Waals surface area (Å²) < 4.78 is 21.8. The van der Waals surface area contributed by atoms with Gasteiger partial charge in [-0.3, -0.25) is 4.79 Å². The zero-order chi connectivity index (χ0) is 23.1. The number of carbonyl (C=O) groups is 1. The summed E-state index contributed by atoms with van der Waals surface area (Å²) in [5.74, 6) is -0.344. The van der Waals surface area contributed by atoms with Crippen molar-refractivity contribution in [2.75, 3.05) is 6.54 Å². The van der Waals surface area contributed by atoms with Crippen LogP contribution in [0.5, 0.6) is 11.8 Å². The molecule has 33 heavy (non-hydrogen) atoms. The number of rotatable bonds is 6. The summed E-state index contributed by atoms with van der Waals surface area (Å²) in [6.07, 6.45) is 6.83. The van der Waals surface area contributed by atoms with Crippen LogP contribution in [0, 0.1) is 11.7 Å². The molecule has 0 aromatic carbocycles. The third-order valence-electron chi connectivity index (χ3n) is 6.44. The topological polar surface area (TPSA) is 92.8 Å². The van der Waals surface area contributed by atoms with Crippen LogP contribution in [0.15, 0.2) is 12.5 Å². The molecule has 0 amide bonds. The molecule has 0 spiro atoms. The van der Waals surface area contributed by atoms with Gasteiger partial charge in [-0.15, -0.1) is 0 Å². The second-order valence-electron chi connectivity index (χ2n) is 9.01.